The average molecular weight is 831 g/mol. The molecular formula is C43H42O15S. The van der Waals surface area contributed by atoms with Crippen molar-refractivity contribution in [2.45, 2.75) is 80.2 Å². The number of aliphatic hydroxyl groups is 2. The molecule has 0 bridgehead atoms. The van der Waals surface area contributed by atoms with E-state index in [1.165, 1.54) is 48.2 Å². The number of carbonyl (C=O) groups excluding carboxylic acids is 5. The van der Waals surface area contributed by atoms with E-state index in [9.17, 15) is 34.2 Å². The Morgan fingerprint density at radius 3 is 1.44 bits per heavy atom. The Morgan fingerprint density at radius 2 is 0.949 bits per heavy atom. The molecule has 0 unspecified atom stereocenters. The van der Waals surface area contributed by atoms with Gasteiger partial charge in [0.05, 0.1) is 23.3 Å². The Kier molecular flexibility index (Phi) is 14.8. The van der Waals surface area contributed by atoms with Crippen molar-refractivity contribution in [1.29, 1.82) is 0 Å². The van der Waals surface area contributed by atoms with E-state index in [1.54, 1.807) is 54.6 Å². The minimum atomic E-state index is -1.98. The van der Waals surface area contributed by atoms with E-state index >= 15 is 0 Å². The van der Waals surface area contributed by atoms with E-state index in [0.717, 1.165) is 18.7 Å². The van der Waals surface area contributed by atoms with Crippen LogP contribution in [-0.2, 0) is 47.5 Å². The monoisotopic (exact) mass is 830 g/mol. The molecule has 0 saturated carbocycles. The summed E-state index contributed by atoms with van der Waals surface area (Å²) in [4.78, 5) is 66.0. The molecule has 2 aliphatic rings. The first-order chi connectivity index (χ1) is 28.5. The molecule has 2 aliphatic heterocycles. The van der Waals surface area contributed by atoms with Crippen LogP contribution in [0.25, 0.3) is 0 Å². The van der Waals surface area contributed by atoms with Crippen molar-refractivity contribution < 1.29 is 72.1 Å². The number of hydrogen-bond donors (Lipinski definition) is 2. The van der Waals surface area contributed by atoms with Gasteiger partial charge in [0, 0.05) is 24.5 Å². The second-order valence-electron chi connectivity index (χ2n) is 13.4. The molecular weight excluding hydrogens is 789 g/mol. The van der Waals surface area contributed by atoms with Crippen LogP contribution in [0.4, 0.5) is 0 Å². The lowest BCUT2D eigenvalue weighted by molar-refractivity contribution is -0.321. The lowest BCUT2D eigenvalue weighted by atomic mass is 9.97. The van der Waals surface area contributed by atoms with Crippen LogP contribution in [-0.4, -0.2) is 114 Å². The molecule has 6 rings (SSSR count). The third kappa shape index (κ3) is 11.3. The number of carbonyl (C=O) groups is 5. The van der Waals surface area contributed by atoms with Gasteiger partial charge in [-0.2, -0.15) is 0 Å². The minimum absolute atomic E-state index is 0.0968. The van der Waals surface area contributed by atoms with Crippen LogP contribution in [0.1, 0.15) is 44.9 Å². The number of aliphatic hydroxyl groups excluding tert-OH is 2. The first kappa shape index (κ1) is 43.0. The molecule has 59 heavy (non-hydrogen) atoms. The van der Waals surface area contributed by atoms with Crippen molar-refractivity contribution >= 4 is 41.6 Å². The second-order valence-corrected chi connectivity index (χ2v) is 14.5. The molecule has 10 atom stereocenters. The molecule has 0 radical (unpaired) electrons. The van der Waals surface area contributed by atoms with Crippen LogP contribution in [0.2, 0.25) is 0 Å². The highest BCUT2D eigenvalue weighted by molar-refractivity contribution is 7.99. The van der Waals surface area contributed by atoms with Crippen molar-refractivity contribution in [3.05, 3.63) is 138 Å². The number of esters is 5. The minimum Gasteiger partial charge on any atom is -0.456 e. The van der Waals surface area contributed by atoms with E-state index in [2.05, 4.69) is 0 Å². The largest absolute Gasteiger partial charge is 0.456 e. The van der Waals surface area contributed by atoms with E-state index in [1.807, 2.05) is 30.3 Å². The van der Waals surface area contributed by atoms with Gasteiger partial charge in [-0.05, 0) is 48.5 Å². The first-order valence-corrected chi connectivity index (χ1v) is 19.6. The number of benzene rings is 4. The third-order valence-corrected chi connectivity index (χ3v) is 10.3. The van der Waals surface area contributed by atoms with Gasteiger partial charge < -0.3 is 48.1 Å². The summed E-state index contributed by atoms with van der Waals surface area (Å²) in [5, 5.41) is 23.0. The maximum Gasteiger partial charge on any atom is 0.338 e. The lowest BCUT2D eigenvalue weighted by Crippen LogP contribution is -2.64. The van der Waals surface area contributed by atoms with Gasteiger partial charge >= 0.3 is 29.8 Å². The molecule has 4 aromatic rings. The number of hydrogen-bond acceptors (Lipinski definition) is 16. The van der Waals surface area contributed by atoms with Crippen LogP contribution in [0, 0.1) is 0 Å². The molecule has 2 N–H and O–H groups in total. The third-order valence-electron chi connectivity index (χ3n) is 9.17. The van der Waals surface area contributed by atoms with Gasteiger partial charge in [0.2, 0.25) is 0 Å². The van der Waals surface area contributed by atoms with Crippen LogP contribution in [0.5, 0.6) is 0 Å². The van der Waals surface area contributed by atoms with Crippen molar-refractivity contribution in [3.63, 3.8) is 0 Å². The highest BCUT2D eigenvalue weighted by atomic mass is 32.2. The summed E-state index contributed by atoms with van der Waals surface area (Å²) >= 11 is 1.34. The highest BCUT2D eigenvalue weighted by Crippen LogP contribution is 2.34. The molecule has 4 aromatic carbocycles. The molecule has 2 fully saturated rings. The van der Waals surface area contributed by atoms with Crippen molar-refractivity contribution in [1.82, 2.24) is 0 Å². The average Bonchev–Trinajstić information content (AvgIpc) is 3.24. The van der Waals surface area contributed by atoms with Gasteiger partial charge in [0.1, 0.15) is 18.3 Å². The van der Waals surface area contributed by atoms with Gasteiger partial charge in [-0.25, -0.2) is 14.4 Å². The molecule has 15 nitrogen and oxygen atoms in total. The van der Waals surface area contributed by atoms with Crippen LogP contribution >= 0.6 is 11.8 Å². The van der Waals surface area contributed by atoms with Crippen molar-refractivity contribution in [2.24, 2.45) is 0 Å². The summed E-state index contributed by atoms with van der Waals surface area (Å²) < 4.78 is 46.8. The van der Waals surface area contributed by atoms with Crippen LogP contribution < -0.4 is 0 Å². The lowest BCUT2D eigenvalue weighted by Gasteiger charge is -2.45. The molecule has 2 saturated heterocycles. The number of thioether (sulfide) groups is 1. The fourth-order valence-electron chi connectivity index (χ4n) is 6.44. The highest BCUT2D eigenvalue weighted by Gasteiger charge is 2.54. The summed E-state index contributed by atoms with van der Waals surface area (Å²) in [7, 11) is 0. The van der Waals surface area contributed by atoms with Crippen molar-refractivity contribution in [2.75, 3.05) is 12.4 Å². The molecule has 2 heterocycles. The van der Waals surface area contributed by atoms with Gasteiger partial charge in [-0.3, -0.25) is 9.59 Å². The van der Waals surface area contributed by atoms with Crippen LogP contribution in [0.3, 0.4) is 0 Å². The smallest absolute Gasteiger partial charge is 0.338 e. The first-order valence-electron chi connectivity index (χ1n) is 18.6. The fraction of sp³-hybridized carbons (Fsp3) is 0.326. The molecule has 0 amide bonds. The van der Waals surface area contributed by atoms with Crippen molar-refractivity contribution in [3.8, 4) is 0 Å². The predicted molar refractivity (Wildman–Crippen MR) is 207 cm³/mol. The fourth-order valence-corrected chi connectivity index (χ4v) is 7.41. The SMILES string of the molecule is CC(=O)O[C@@H]1[C@@H](O)[C@@H](OC[C@H]2O[C@H](O)[C@H](OC(=O)c3ccccc3)[C@@H](OC(=O)c3ccccc3)[C@@H]2OC(=O)c2ccccc2)O[C@H](CSc2ccccc2)[C@@H]1OC(C)=O. The van der Waals surface area contributed by atoms with E-state index in [-0.39, 0.29) is 22.4 Å². The number of rotatable bonds is 14. The summed E-state index contributed by atoms with van der Waals surface area (Å²) in [6.07, 6.45) is -15.6. The zero-order valence-electron chi connectivity index (χ0n) is 31.8. The predicted octanol–water partition coefficient (Wildman–Crippen LogP) is 4.14. The molecule has 16 heteroatoms. The molecule has 0 aliphatic carbocycles. The quantitative estimate of drug-likeness (QED) is 0.104. The Morgan fingerprint density at radius 1 is 0.525 bits per heavy atom. The van der Waals surface area contributed by atoms with Gasteiger partial charge in [0.15, 0.2) is 43.1 Å². The summed E-state index contributed by atoms with van der Waals surface area (Å²) in [5.41, 5.74) is 0.309. The summed E-state index contributed by atoms with van der Waals surface area (Å²) in [5.74, 6) is -4.06. The normalized spacial score (nSPS) is 26.4. The molecule has 0 spiro atoms. The Balaban J connectivity index is 1.31. The van der Waals surface area contributed by atoms with Gasteiger partial charge in [0.25, 0.3) is 0 Å². The van der Waals surface area contributed by atoms with E-state index in [0.29, 0.717) is 0 Å². The zero-order valence-corrected chi connectivity index (χ0v) is 32.7. The Bertz CT molecular complexity index is 2020. The Labute approximate surface area is 343 Å². The second kappa shape index (κ2) is 20.4. The summed E-state index contributed by atoms with van der Waals surface area (Å²) in [6, 6.07) is 32.8. The summed E-state index contributed by atoms with van der Waals surface area (Å²) in [6.45, 7) is 1.67. The maximum absolute atomic E-state index is 13.7. The Hall–Kier alpha value is -5.62. The van der Waals surface area contributed by atoms with Crippen LogP contribution in [0.15, 0.2) is 126 Å². The number of ether oxygens (including phenoxy) is 8. The maximum atomic E-state index is 13.7. The van der Waals surface area contributed by atoms with Gasteiger partial charge in [-0.15, -0.1) is 11.8 Å². The zero-order chi connectivity index (χ0) is 41.9. The van der Waals surface area contributed by atoms with E-state index in [4.69, 9.17) is 37.9 Å². The van der Waals surface area contributed by atoms with E-state index < -0.39 is 97.9 Å². The van der Waals surface area contributed by atoms with Gasteiger partial charge in [-0.1, -0.05) is 72.8 Å². The topological polar surface area (TPSA) is 200 Å². The standard InChI is InChI=1S/C43H42O15S/c1-25(44)52-35-32(24-59-30-21-13-6-14-22-30)55-43(33(46)36(35)53-26(2)45)51-23-31-34(56-39(47)27-15-7-3-8-16-27)37(57-40(48)28-17-9-4-10-18-28)38(42(50)54-31)58-41(49)29-19-11-5-12-20-29/h3-22,31-38,42-43,46,50H,23-24H2,1-2H3/t31-,32-,33-,34-,35+,36-,37+,38-,42+,43+/m1/s1. The molecule has 0 aromatic heterocycles. The molecule has 310 valence electrons.